The summed E-state index contributed by atoms with van der Waals surface area (Å²) in [5.41, 5.74) is 10.3. The van der Waals surface area contributed by atoms with Crippen molar-refractivity contribution in [3.05, 3.63) is 53.6 Å². The monoisotopic (exact) mass is 268 g/mol. The van der Waals surface area contributed by atoms with E-state index in [0.717, 1.165) is 30.2 Å². The van der Waals surface area contributed by atoms with Crippen molar-refractivity contribution >= 4 is 11.4 Å². The molecule has 0 bridgehead atoms. The fourth-order valence-electron chi connectivity index (χ4n) is 2.61. The third-order valence-corrected chi connectivity index (χ3v) is 3.62. The minimum absolute atomic E-state index is 0.176. The van der Waals surface area contributed by atoms with E-state index >= 15 is 0 Å². The number of rotatable bonds is 2. The highest BCUT2D eigenvalue weighted by atomic mass is 16.5. The van der Waals surface area contributed by atoms with Gasteiger partial charge in [-0.05, 0) is 31.5 Å². The average Bonchev–Trinajstić information content (AvgIpc) is 2.40. The van der Waals surface area contributed by atoms with Crippen LogP contribution in [0.25, 0.3) is 0 Å². The summed E-state index contributed by atoms with van der Waals surface area (Å²) in [5, 5.41) is 0. The van der Waals surface area contributed by atoms with Crippen LogP contribution in [-0.2, 0) is 6.54 Å². The molecule has 1 aliphatic rings. The van der Waals surface area contributed by atoms with Gasteiger partial charge in [-0.2, -0.15) is 0 Å². The Morgan fingerprint density at radius 3 is 2.70 bits per heavy atom. The molecule has 3 heteroatoms. The molecule has 0 aromatic heterocycles. The second-order valence-electron chi connectivity index (χ2n) is 5.52. The maximum atomic E-state index is 5.88. The van der Waals surface area contributed by atoms with Gasteiger partial charge in [0.15, 0.2) is 0 Å². The molecular formula is C17H20N2O. The maximum absolute atomic E-state index is 5.88. The lowest BCUT2D eigenvalue weighted by Crippen LogP contribution is -2.37. The number of nitrogens with two attached hydrogens (primary N) is 1. The lowest BCUT2D eigenvalue weighted by molar-refractivity contribution is 0.212. The number of anilines is 2. The fraction of sp³-hybridized carbons (Fsp3) is 0.294. The van der Waals surface area contributed by atoms with Crippen molar-refractivity contribution in [1.29, 1.82) is 0 Å². The summed E-state index contributed by atoms with van der Waals surface area (Å²) in [4.78, 5) is 2.35. The molecule has 104 valence electrons. The summed E-state index contributed by atoms with van der Waals surface area (Å²) >= 11 is 0. The summed E-state index contributed by atoms with van der Waals surface area (Å²) in [6, 6.07) is 14.6. The quantitative estimate of drug-likeness (QED) is 0.849. The summed E-state index contributed by atoms with van der Waals surface area (Å²) in [7, 11) is 0. The number of benzene rings is 2. The van der Waals surface area contributed by atoms with E-state index in [-0.39, 0.29) is 6.10 Å². The average molecular weight is 268 g/mol. The summed E-state index contributed by atoms with van der Waals surface area (Å²) in [6.45, 7) is 5.99. The minimum Gasteiger partial charge on any atom is -0.487 e. The predicted octanol–water partition coefficient (Wildman–Crippen LogP) is 3.36. The van der Waals surface area contributed by atoms with Gasteiger partial charge in [-0.15, -0.1) is 0 Å². The van der Waals surface area contributed by atoms with Crippen molar-refractivity contribution in [3.63, 3.8) is 0 Å². The summed E-state index contributed by atoms with van der Waals surface area (Å²) < 4.78 is 5.88. The highest BCUT2D eigenvalue weighted by Crippen LogP contribution is 2.35. The van der Waals surface area contributed by atoms with Gasteiger partial charge in [-0.1, -0.05) is 29.8 Å². The first kappa shape index (κ1) is 12.9. The Bertz CT molecular complexity index is 607. The number of hydrogen-bond donors (Lipinski definition) is 1. The first-order chi connectivity index (χ1) is 9.61. The van der Waals surface area contributed by atoms with E-state index in [1.807, 2.05) is 18.2 Å². The van der Waals surface area contributed by atoms with Crippen LogP contribution in [0.15, 0.2) is 42.5 Å². The van der Waals surface area contributed by atoms with Crippen molar-refractivity contribution in [2.75, 3.05) is 17.2 Å². The Morgan fingerprint density at radius 1 is 1.20 bits per heavy atom. The minimum atomic E-state index is 0.176. The molecule has 2 N–H and O–H groups in total. The van der Waals surface area contributed by atoms with Crippen LogP contribution in [-0.4, -0.2) is 12.6 Å². The van der Waals surface area contributed by atoms with Crippen LogP contribution in [0, 0.1) is 6.92 Å². The second-order valence-corrected chi connectivity index (χ2v) is 5.52. The molecule has 0 aliphatic carbocycles. The van der Waals surface area contributed by atoms with Gasteiger partial charge in [0.1, 0.15) is 11.9 Å². The number of ether oxygens (including phenoxy) is 1. The molecule has 2 aromatic carbocycles. The van der Waals surface area contributed by atoms with Crippen molar-refractivity contribution in [2.45, 2.75) is 26.5 Å². The Balaban J connectivity index is 1.88. The third kappa shape index (κ3) is 2.57. The molecule has 0 saturated heterocycles. The van der Waals surface area contributed by atoms with Gasteiger partial charge >= 0.3 is 0 Å². The van der Waals surface area contributed by atoms with Crippen LogP contribution in [0.3, 0.4) is 0 Å². The van der Waals surface area contributed by atoms with Crippen molar-refractivity contribution in [1.82, 2.24) is 0 Å². The molecule has 20 heavy (non-hydrogen) atoms. The first-order valence-electron chi connectivity index (χ1n) is 6.98. The van der Waals surface area contributed by atoms with Crippen LogP contribution in [0.4, 0.5) is 11.4 Å². The van der Waals surface area contributed by atoms with E-state index in [4.69, 9.17) is 10.5 Å². The standard InChI is InChI=1S/C17H20N2O/c1-12-3-5-14(6-4-12)11-19-10-13(2)20-17-9-15(18)7-8-16(17)19/h3-9,13H,10-11,18H2,1-2H3. The lowest BCUT2D eigenvalue weighted by atomic mass is 10.1. The van der Waals surface area contributed by atoms with E-state index in [1.165, 1.54) is 11.1 Å². The Kier molecular flexibility index (Phi) is 3.26. The van der Waals surface area contributed by atoms with Gasteiger partial charge in [0.2, 0.25) is 0 Å². The number of aryl methyl sites for hydroxylation is 1. The molecule has 1 unspecified atom stereocenters. The normalized spacial score (nSPS) is 17.5. The molecule has 1 heterocycles. The molecule has 0 amide bonds. The van der Waals surface area contributed by atoms with E-state index in [1.54, 1.807) is 0 Å². The Hall–Kier alpha value is -2.16. The van der Waals surface area contributed by atoms with E-state index in [2.05, 4.69) is 43.0 Å². The SMILES string of the molecule is Cc1ccc(CN2CC(C)Oc3cc(N)ccc32)cc1. The molecule has 2 aromatic rings. The molecule has 3 rings (SSSR count). The predicted molar refractivity (Wildman–Crippen MR) is 83.2 cm³/mol. The highest BCUT2D eigenvalue weighted by Gasteiger charge is 2.22. The molecule has 1 aliphatic heterocycles. The van der Waals surface area contributed by atoms with Gasteiger partial charge in [-0.3, -0.25) is 0 Å². The zero-order valence-corrected chi connectivity index (χ0v) is 12.0. The van der Waals surface area contributed by atoms with Crippen LogP contribution in [0.5, 0.6) is 5.75 Å². The number of nitrogen functional groups attached to an aromatic ring is 1. The molecular weight excluding hydrogens is 248 g/mol. The number of fused-ring (bicyclic) bond motifs is 1. The van der Waals surface area contributed by atoms with Gasteiger partial charge in [0.25, 0.3) is 0 Å². The molecule has 1 atom stereocenters. The highest BCUT2D eigenvalue weighted by molar-refractivity contribution is 5.65. The van der Waals surface area contributed by atoms with E-state index < -0.39 is 0 Å². The zero-order valence-electron chi connectivity index (χ0n) is 12.0. The molecule has 0 fully saturated rings. The fourth-order valence-corrected chi connectivity index (χ4v) is 2.61. The van der Waals surface area contributed by atoms with Crippen LogP contribution in [0.2, 0.25) is 0 Å². The first-order valence-corrected chi connectivity index (χ1v) is 6.98. The third-order valence-electron chi connectivity index (χ3n) is 3.62. The Labute approximate surface area is 120 Å². The van der Waals surface area contributed by atoms with Gasteiger partial charge < -0.3 is 15.4 Å². The topological polar surface area (TPSA) is 38.5 Å². The van der Waals surface area contributed by atoms with Gasteiger partial charge in [-0.25, -0.2) is 0 Å². The van der Waals surface area contributed by atoms with Crippen molar-refractivity contribution in [2.24, 2.45) is 0 Å². The summed E-state index contributed by atoms with van der Waals surface area (Å²) in [6.07, 6.45) is 0.176. The van der Waals surface area contributed by atoms with Crippen LogP contribution >= 0.6 is 0 Å². The van der Waals surface area contributed by atoms with Gasteiger partial charge in [0, 0.05) is 18.3 Å². The smallest absolute Gasteiger partial charge is 0.145 e. The summed E-state index contributed by atoms with van der Waals surface area (Å²) in [5.74, 6) is 0.885. The molecule has 3 nitrogen and oxygen atoms in total. The second kappa shape index (κ2) is 5.08. The van der Waals surface area contributed by atoms with E-state index in [9.17, 15) is 0 Å². The van der Waals surface area contributed by atoms with Crippen LogP contribution in [0.1, 0.15) is 18.1 Å². The maximum Gasteiger partial charge on any atom is 0.145 e. The van der Waals surface area contributed by atoms with Crippen molar-refractivity contribution in [3.8, 4) is 5.75 Å². The largest absolute Gasteiger partial charge is 0.487 e. The van der Waals surface area contributed by atoms with Crippen LogP contribution < -0.4 is 15.4 Å². The lowest BCUT2D eigenvalue weighted by Gasteiger charge is -2.35. The van der Waals surface area contributed by atoms with Crippen molar-refractivity contribution < 1.29 is 4.74 Å². The Morgan fingerprint density at radius 2 is 1.95 bits per heavy atom. The van der Waals surface area contributed by atoms with E-state index in [0.29, 0.717) is 0 Å². The number of hydrogen-bond acceptors (Lipinski definition) is 3. The zero-order chi connectivity index (χ0) is 14.1. The molecule has 0 radical (unpaired) electrons. The number of nitrogens with zero attached hydrogens (tertiary/aromatic N) is 1. The molecule has 0 spiro atoms. The molecule has 0 saturated carbocycles. The van der Waals surface area contributed by atoms with Gasteiger partial charge in [0.05, 0.1) is 12.2 Å².